The first kappa shape index (κ1) is 21.1. The average molecular weight is 393 g/mol. The minimum Gasteiger partial charge on any atom is -0.469 e. The van der Waals surface area contributed by atoms with Crippen molar-refractivity contribution in [1.82, 2.24) is 15.1 Å². The van der Waals surface area contributed by atoms with Gasteiger partial charge in [0.05, 0.1) is 19.5 Å². The second-order valence-corrected chi connectivity index (χ2v) is 7.53. The summed E-state index contributed by atoms with van der Waals surface area (Å²) in [4.78, 5) is 9.83. The van der Waals surface area contributed by atoms with E-state index in [0.717, 1.165) is 90.3 Å². The van der Waals surface area contributed by atoms with Crippen LogP contribution in [-0.2, 0) is 15.9 Å². The van der Waals surface area contributed by atoms with Gasteiger partial charge in [-0.15, -0.1) is 0 Å². The number of aliphatic imine (C=N–C) groups is 1. The van der Waals surface area contributed by atoms with Crippen molar-refractivity contribution in [2.24, 2.45) is 10.9 Å². The molecule has 7 nitrogen and oxygen atoms in total. The smallest absolute Gasteiger partial charge is 0.193 e. The van der Waals surface area contributed by atoms with Gasteiger partial charge in [0.1, 0.15) is 5.76 Å². The van der Waals surface area contributed by atoms with E-state index in [0.29, 0.717) is 5.92 Å². The van der Waals surface area contributed by atoms with Crippen molar-refractivity contribution in [3.05, 3.63) is 24.2 Å². The van der Waals surface area contributed by atoms with Gasteiger partial charge in [-0.25, -0.2) is 0 Å². The third kappa shape index (κ3) is 7.11. The second-order valence-electron chi connectivity index (χ2n) is 7.53. The van der Waals surface area contributed by atoms with E-state index < -0.39 is 0 Å². The molecule has 158 valence electrons. The van der Waals surface area contributed by atoms with E-state index in [9.17, 15) is 0 Å². The molecule has 0 amide bonds. The highest BCUT2D eigenvalue weighted by atomic mass is 16.5. The Balaban J connectivity index is 1.47. The molecule has 0 radical (unpaired) electrons. The van der Waals surface area contributed by atoms with E-state index in [1.165, 1.54) is 13.0 Å². The van der Waals surface area contributed by atoms with Crippen LogP contribution in [0.15, 0.2) is 27.8 Å². The average Bonchev–Trinajstić information content (AvgIpc) is 3.39. The molecule has 1 aromatic rings. The van der Waals surface area contributed by atoms with Gasteiger partial charge < -0.3 is 24.1 Å². The monoisotopic (exact) mass is 392 g/mol. The lowest BCUT2D eigenvalue weighted by atomic mass is 10.1. The van der Waals surface area contributed by atoms with E-state index in [-0.39, 0.29) is 0 Å². The summed E-state index contributed by atoms with van der Waals surface area (Å²) in [6.45, 7) is 12.4. The van der Waals surface area contributed by atoms with Crippen LogP contribution in [0.1, 0.15) is 25.5 Å². The molecule has 28 heavy (non-hydrogen) atoms. The minimum atomic E-state index is 0.707. The fourth-order valence-corrected chi connectivity index (χ4v) is 3.84. The summed E-state index contributed by atoms with van der Waals surface area (Å²) in [5.74, 6) is 2.75. The molecule has 3 heterocycles. The van der Waals surface area contributed by atoms with E-state index in [4.69, 9.17) is 18.9 Å². The number of guanidine groups is 1. The molecule has 0 aliphatic carbocycles. The summed E-state index contributed by atoms with van der Waals surface area (Å²) >= 11 is 0. The van der Waals surface area contributed by atoms with Crippen LogP contribution < -0.4 is 5.32 Å². The van der Waals surface area contributed by atoms with Crippen LogP contribution in [0.3, 0.4) is 0 Å². The highest BCUT2D eigenvalue weighted by Crippen LogP contribution is 2.18. The van der Waals surface area contributed by atoms with Crippen LogP contribution in [0.25, 0.3) is 0 Å². The summed E-state index contributed by atoms with van der Waals surface area (Å²) in [5.41, 5.74) is 0. The number of hydrogen-bond acceptors (Lipinski definition) is 5. The third-order valence-corrected chi connectivity index (χ3v) is 5.35. The number of rotatable bonds is 10. The maximum atomic E-state index is 5.47. The number of hydrogen-bond donors (Lipinski definition) is 1. The molecule has 1 N–H and O–H groups in total. The largest absolute Gasteiger partial charge is 0.469 e. The lowest BCUT2D eigenvalue weighted by Gasteiger charge is -2.29. The van der Waals surface area contributed by atoms with Gasteiger partial charge in [0.25, 0.3) is 0 Å². The molecule has 1 unspecified atom stereocenters. The first-order valence-corrected chi connectivity index (χ1v) is 10.8. The van der Waals surface area contributed by atoms with Crippen molar-refractivity contribution in [3.8, 4) is 0 Å². The number of nitrogens with one attached hydrogen (secondary N) is 1. The minimum absolute atomic E-state index is 0.707. The lowest BCUT2D eigenvalue weighted by Crippen LogP contribution is -2.43. The SMILES string of the molecule is CCOCCCN=C(NCCc1ccco1)N1CCC(CN2CCOCC2)C1. The maximum absolute atomic E-state index is 5.47. The Kier molecular flexibility index (Phi) is 9.13. The van der Waals surface area contributed by atoms with Crippen molar-refractivity contribution in [2.45, 2.75) is 26.2 Å². The zero-order valence-electron chi connectivity index (χ0n) is 17.3. The molecule has 0 aromatic carbocycles. The van der Waals surface area contributed by atoms with Gasteiger partial charge in [-0.1, -0.05) is 0 Å². The number of ether oxygens (including phenoxy) is 2. The van der Waals surface area contributed by atoms with Crippen molar-refractivity contribution < 1.29 is 13.9 Å². The Morgan fingerprint density at radius 2 is 2.21 bits per heavy atom. The molecular formula is C21H36N4O3. The van der Waals surface area contributed by atoms with E-state index >= 15 is 0 Å². The lowest BCUT2D eigenvalue weighted by molar-refractivity contribution is 0.0315. The maximum Gasteiger partial charge on any atom is 0.193 e. The van der Waals surface area contributed by atoms with Gasteiger partial charge in [0, 0.05) is 65.4 Å². The van der Waals surface area contributed by atoms with Gasteiger partial charge in [0.15, 0.2) is 5.96 Å². The summed E-state index contributed by atoms with van der Waals surface area (Å²) in [5, 5.41) is 3.56. The fourth-order valence-electron chi connectivity index (χ4n) is 3.84. The van der Waals surface area contributed by atoms with Crippen LogP contribution in [-0.4, -0.2) is 88.0 Å². The van der Waals surface area contributed by atoms with Gasteiger partial charge in [-0.2, -0.15) is 0 Å². The Bertz CT molecular complexity index is 558. The number of furan rings is 1. The van der Waals surface area contributed by atoms with Crippen molar-refractivity contribution in [1.29, 1.82) is 0 Å². The first-order valence-electron chi connectivity index (χ1n) is 10.8. The molecule has 0 saturated carbocycles. The van der Waals surface area contributed by atoms with Gasteiger partial charge >= 0.3 is 0 Å². The number of likely N-dealkylation sites (tertiary alicyclic amines) is 1. The first-order chi connectivity index (χ1) is 13.8. The summed E-state index contributed by atoms with van der Waals surface area (Å²) in [6.07, 6.45) is 4.79. The number of morpholine rings is 1. The second kappa shape index (κ2) is 12.1. The highest BCUT2D eigenvalue weighted by molar-refractivity contribution is 5.80. The van der Waals surface area contributed by atoms with E-state index in [2.05, 4.69) is 15.1 Å². The molecule has 1 aromatic heterocycles. The Morgan fingerprint density at radius 3 is 3.00 bits per heavy atom. The fraction of sp³-hybridized carbons (Fsp3) is 0.762. The van der Waals surface area contributed by atoms with E-state index in [1.54, 1.807) is 6.26 Å². The molecule has 7 heteroatoms. The predicted molar refractivity (Wildman–Crippen MR) is 111 cm³/mol. The summed E-state index contributed by atoms with van der Waals surface area (Å²) in [6, 6.07) is 3.96. The van der Waals surface area contributed by atoms with Crippen molar-refractivity contribution in [2.75, 3.05) is 72.2 Å². The highest BCUT2D eigenvalue weighted by Gasteiger charge is 2.27. The Morgan fingerprint density at radius 1 is 1.32 bits per heavy atom. The molecule has 0 spiro atoms. The number of nitrogens with zero attached hydrogens (tertiary/aromatic N) is 3. The molecule has 2 saturated heterocycles. The predicted octanol–water partition coefficient (Wildman–Crippen LogP) is 1.85. The van der Waals surface area contributed by atoms with E-state index in [1.807, 2.05) is 19.1 Å². The van der Waals surface area contributed by atoms with Crippen LogP contribution >= 0.6 is 0 Å². The molecule has 2 aliphatic rings. The van der Waals surface area contributed by atoms with Crippen LogP contribution in [0.2, 0.25) is 0 Å². The van der Waals surface area contributed by atoms with Crippen molar-refractivity contribution >= 4 is 5.96 Å². The quantitative estimate of drug-likeness (QED) is 0.373. The van der Waals surface area contributed by atoms with Gasteiger partial charge in [0.2, 0.25) is 0 Å². The molecular weight excluding hydrogens is 356 g/mol. The standard InChI is InChI=1S/C21H36N4O3/c1-2-26-13-4-8-22-21(23-9-6-20-5-3-14-28-20)25-10-7-19(18-25)17-24-11-15-27-16-12-24/h3,5,14,19H,2,4,6-13,15-18H2,1H3,(H,22,23). The molecule has 0 bridgehead atoms. The van der Waals surface area contributed by atoms with Crippen LogP contribution in [0, 0.1) is 5.92 Å². The zero-order chi connectivity index (χ0) is 19.4. The van der Waals surface area contributed by atoms with Crippen molar-refractivity contribution in [3.63, 3.8) is 0 Å². The normalized spacial score (nSPS) is 21.4. The topological polar surface area (TPSA) is 62.5 Å². The van der Waals surface area contributed by atoms with Crippen LogP contribution in [0.4, 0.5) is 0 Å². The molecule has 1 atom stereocenters. The van der Waals surface area contributed by atoms with Gasteiger partial charge in [-0.05, 0) is 37.8 Å². The molecule has 2 aliphatic heterocycles. The zero-order valence-corrected chi connectivity index (χ0v) is 17.3. The summed E-state index contributed by atoms with van der Waals surface area (Å²) < 4.78 is 16.4. The van der Waals surface area contributed by atoms with Crippen LogP contribution in [0.5, 0.6) is 0 Å². The Hall–Kier alpha value is -1.57. The molecule has 3 rings (SSSR count). The van der Waals surface area contributed by atoms with Gasteiger partial charge in [-0.3, -0.25) is 9.89 Å². The Labute approximate surface area is 169 Å². The third-order valence-electron chi connectivity index (χ3n) is 5.35. The summed E-state index contributed by atoms with van der Waals surface area (Å²) in [7, 11) is 0. The molecule has 2 fully saturated rings.